The molecule has 2 heterocycles. The molecule has 5 aromatic rings. The van der Waals surface area contributed by atoms with Gasteiger partial charge in [0.05, 0.1) is 24.6 Å². The molecule has 4 nitrogen and oxygen atoms in total. The van der Waals surface area contributed by atoms with Crippen LogP contribution in [0.1, 0.15) is 5.69 Å². The first kappa shape index (κ1) is 20.0. The van der Waals surface area contributed by atoms with E-state index in [9.17, 15) is 0 Å². The predicted molar refractivity (Wildman–Crippen MR) is 131 cm³/mol. The lowest BCUT2D eigenvalue weighted by molar-refractivity contribution is -0.499. The van der Waals surface area contributed by atoms with Crippen LogP contribution in [-0.2, 0) is 12.6 Å². The first-order chi connectivity index (χ1) is 15.8. The van der Waals surface area contributed by atoms with Crippen LogP contribution >= 0.6 is 0 Å². The summed E-state index contributed by atoms with van der Waals surface area (Å²) >= 11 is 5.90. The Balaban J connectivity index is 1.85. The zero-order chi connectivity index (χ0) is 21.9. The molecule has 0 aliphatic heterocycles. The second-order valence-electron chi connectivity index (χ2n) is 7.28. The monoisotopic (exact) mass is 435 g/mol. The van der Waals surface area contributed by atoms with Crippen molar-refractivity contribution in [1.82, 2.24) is 4.57 Å². The number of rotatable bonds is 5. The van der Waals surface area contributed by atoms with Gasteiger partial charge in [0, 0.05) is 0 Å². The molecule has 0 N–H and O–H groups in total. The van der Waals surface area contributed by atoms with Crippen molar-refractivity contribution >= 4 is 28.9 Å². The molecule has 3 aromatic carbocycles. The van der Waals surface area contributed by atoms with Gasteiger partial charge in [0.2, 0.25) is 0 Å². The lowest BCUT2D eigenvalue weighted by Gasteiger charge is -2.12. The molecule has 0 saturated heterocycles. The molecule has 0 amide bonds. The highest BCUT2D eigenvalue weighted by Gasteiger charge is 2.28. The average Bonchev–Trinajstić information content (AvgIpc) is 3.20. The maximum atomic E-state index is 5.90. The first-order valence-electron chi connectivity index (χ1n) is 10.3. The van der Waals surface area contributed by atoms with E-state index in [1.807, 2.05) is 84.9 Å². The van der Waals surface area contributed by atoms with E-state index in [0.717, 1.165) is 39.7 Å². The maximum absolute atomic E-state index is 5.90. The quantitative estimate of drug-likeness (QED) is 0.158. The van der Waals surface area contributed by atoms with E-state index in [1.165, 1.54) is 0 Å². The van der Waals surface area contributed by atoms with Gasteiger partial charge in [0.25, 0.3) is 5.82 Å². The standard InChI is InChI=1S/C27H21N3OS/c1-31-23-17-15-22(16-18-23)30-25(26(32)28-21-12-6-3-7-13-21)24-14-8-9-19-29(24)27(30)20-10-4-2-5-11-20/h2-19H,1H3. The third-order valence-electron chi connectivity index (χ3n) is 5.32. The third-order valence-corrected chi connectivity index (χ3v) is 5.60. The molecule has 0 atom stereocenters. The van der Waals surface area contributed by atoms with Crippen molar-refractivity contribution in [3.63, 3.8) is 0 Å². The van der Waals surface area contributed by atoms with Gasteiger partial charge >= 0.3 is 0 Å². The van der Waals surface area contributed by atoms with Crippen LogP contribution in [0.15, 0.2) is 114 Å². The molecule has 0 unspecified atom stereocenters. The highest BCUT2D eigenvalue weighted by atomic mass is 32.1. The van der Waals surface area contributed by atoms with Gasteiger partial charge in [-0.3, -0.25) is 4.99 Å². The van der Waals surface area contributed by atoms with Gasteiger partial charge < -0.3 is 17.4 Å². The third kappa shape index (κ3) is 3.63. The van der Waals surface area contributed by atoms with Crippen molar-refractivity contribution in [2.45, 2.75) is 0 Å². The summed E-state index contributed by atoms with van der Waals surface area (Å²) in [6.07, 6.45) is 2.06. The number of imidazole rings is 1. The summed E-state index contributed by atoms with van der Waals surface area (Å²) in [6, 6.07) is 34.3. The van der Waals surface area contributed by atoms with Gasteiger partial charge in [-0.25, -0.2) is 0 Å². The van der Waals surface area contributed by atoms with Gasteiger partial charge in [-0.2, -0.15) is 8.97 Å². The summed E-state index contributed by atoms with van der Waals surface area (Å²) in [4.78, 5) is 4.78. The van der Waals surface area contributed by atoms with Crippen LogP contribution in [0.2, 0.25) is 0 Å². The summed E-state index contributed by atoms with van der Waals surface area (Å²) in [7, 11) is 1.67. The number of para-hydroxylation sites is 1. The highest BCUT2D eigenvalue weighted by molar-refractivity contribution is 7.78. The predicted octanol–water partition coefficient (Wildman–Crippen LogP) is 5.52. The van der Waals surface area contributed by atoms with Crippen LogP contribution in [0.5, 0.6) is 5.75 Å². The molecule has 5 rings (SSSR count). The van der Waals surface area contributed by atoms with E-state index in [2.05, 4.69) is 33.4 Å². The molecule has 32 heavy (non-hydrogen) atoms. The van der Waals surface area contributed by atoms with E-state index in [4.69, 9.17) is 22.4 Å². The number of ether oxygens (including phenoxy) is 1. The molecular formula is C27H21N3OS. The summed E-state index contributed by atoms with van der Waals surface area (Å²) in [6.45, 7) is 0. The van der Waals surface area contributed by atoms with Crippen molar-refractivity contribution in [2.24, 2.45) is 4.99 Å². The summed E-state index contributed by atoms with van der Waals surface area (Å²) in [5.74, 6) is 1.81. The Morgan fingerprint density at radius 3 is 2.16 bits per heavy atom. The Labute approximate surface area is 192 Å². The SMILES string of the molecule is COc1ccc(-n2c(C([S-])=Nc3ccccc3)c3cccc[n+]3c2-c2ccccc2)cc1. The molecule has 0 aliphatic carbocycles. The fourth-order valence-corrected chi connectivity index (χ4v) is 4.17. The van der Waals surface area contributed by atoms with Gasteiger partial charge in [0.1, 0.15) is 11.4 Å². The van der Waals surface area contributed by atoms with Crippen LogP contribution in [0.4, 0.5) is 5.69 Å². The molecule has 0 spiro atoms. The molecule has 0 fully saturated rings. The Morgan fingerprint density at radius 2 is 1.47 bits per heavy atom. The Morgan fingerprint density at radius 1 is 0.812 bits per heavy atom. The normalized spacial score (nSPS) is 11.6. The van der Waals surface area contributed by atoms with Crippen molar-refractivity contribution in [3.8, 4) is 22.8 Å². The van der Waals surface area contributed by atoms with Crippen molar-refractivity contribution in [1.29, 1.82) is 0 Å². The number of hydrogen-bond acceptors (Lipinski definition) is 3. The number of benzene rings is 3. The van der Waals surface area contributed by atoms with Crippen molar-refractivity contribution in [2.75, 3.05) is 7.11 Å². The van der Waals surface area contributed by atoms with Crippen LogP contribution < -0.4 is 9.14 Å². The Kier molecular flexibility index (Phi) is 5.40. The number of hydrogen-bond donors (Lipinski definition) is 0. The van der Waals surface area contributed by atoms with Crippen molar-refractivity contribution < 1.29 is 9.14 Å². The highest BCUT2D eigenvalue weighted by Crippen LogP contribution is 2.28. The molecular weight excluding hydrogens is 414 g/mol. The zero-order valence-electron chi connectivity index (χ0n) is 17.6. The molecule has 2 aromatic heterocycles. The Bertz CT molecular complexity index is 1390. The summed E-state index contributed by atoms with van der Waals surface area (Å²) in [5.41, 5.74) is 4.75. The fraction of sp³-hybridized carbons (Fsp3) is 0.0370. The molecule has 5 heteroatoms. The second-order valence-corrected chi connectivity index (χ2v) is 7.67. The minimum Gasteiger partial charge on any atom is -0.756 e. The number of aromatic nitrogens is 2. The van der Waals surface area contributed by atoms with Gasteiger partial charge in [-0.1, -0.05) is 42.5 Å². The summed E-state index contributed by atoms with van der Waals surface area (Å²) < 4.78 is 9.72. The number of fused-ring (bicyclic) bond motifs is 1. The van der Waals surface area contributed by atoms with Gasteiger partial charge in [-0.05, 0) is 65.7 Å². The van der Waals surface area contributed by atoms with E-state index in [0.29, 0.717) is 5.04 Å². The molecule has 0 aliphatic rings. The van der Waals surface area contributed by atoms with Crippen LogP contribution in [0.25, 0.3) is 22.6 Å². The molecule has 0 saturated carbocycles. The fourth-order valence-electron chi connectivity index (χ4n) is 3.86. The van der Waals surface area contributed by atoms with E-state index >= 15 is 0 Å². The molecule has 0 radical (unpaired) electrons. The second kappa shape index (κ2) is 8.65. The van der Waals surface area contributed by atoms with Crippen LogP contribution in [0, 0.1) is 0 Å². The average molecular weight is 436 g/mol. The maximum Gasteiger partial charge on any atom is 0.299 e. The lowest BCUT2D eigenvalue weighted by atomic mass is 10.2. The topological polar surface area (TPSA) is 30.6 Å². The van der Waals surface area contributed by atoms with Gasteiger partial charge in [0.15, 0.2) is 11.2 Å². The smallest absolute Gasteiger partial charge is 0.299 e. The van der Waals surface area contributed by atoms with Crippen molar-refractivity contribution in [3.05, 3.63) is 115 Å². The summed E-state index contributed by atoms with van der Waals surface area (Å²) in [5, 5.41) is 0.526. The molecule has 0 bridgehead atoms. The van der Waals surface area contributed by atoms with Gasteiger partial charge in [-0.15, -0.1) is 0 Å². The minimum absolute atomic E-state index is 0.526. The van der Waals surface area contributed by atoms with E-state index in [1.54, 1.807) is 7.11 Å². The number of methoxy groups -OCH3 is 1. The zero-order valence-corrected chi connectivity index (χ0v) is 18.4. The lowest BCUT2D eigenvalue weighted by Crippen LogP contribution is -2.22. The number of pyridine rings is 1. The first-order valence-corrected chi connectivity index (χ1v) is 10.7. The number of nitrogens with zero attached hydrogens (tertiary/aromatic N) is 3. The van der Waals surface area contributed by atoms with Crippen LogP contribution in [-0.4, -0.2) is 16.7 Å². The van der Waals surface area contributed by atoms with E-state index < -0.39 is 0 Å². The Hall–Kier alpha value is -3.96. The van der Waals surface area contributed by atoms with E-state index in [-0.39, 0.29) is 0 Å². The minimum atomic E-state index is 0.526. The largest absolute Gasteiger partial charge is 0.756 e. The van der Waals surface area contributed by atoms with Crippen LogP contribution in [0.3, 0.4) is 0 Å². The molecule has 156 valence electrons. The number of aliphatic imine (C=N–C) groups is 1.